The van der Waals surface area contributed by atoms with Gasteiger partial charge in [0.2, 0.25) is 0 Å². The van der Waals surface area contributed by atoms with Gasteiger partial charge in [0.05, 0.1) is 16.0 Å². The van der Waals surface area contributed by atoms with Crippen LogP contribution in [0.25, 0.3) is 5.57 Å². The summed E-state index contributed by atoms with van der Waals surface area (Å²) in [6.07, 6.45) is 6.91. The number of hydrogen-bond acceptors (Lipinski definition) is 3. The Morgan fingerprint density at radius 3 is 3.06 bits per heavy atom. The molecular formula is C12H8N2O2. The summed E-state index contributed by atoms with van der Waals surface area (Å²) in [6.45, 7) is 0. The molecule has 3 rings (SSSR count). The summed E-state index contributed by atoms with van der Waals surface area (Å²) < 4.78 is 0. The largest absolute Gasteiger partial charge is 0.270 e. The number of non-ortho nitro benzene ring substituents is 1. The summed E-state index contributed by atoms with van der Waals surface area (Å²) in [5, 5.41) is 12.4. The molecule has 78 valence electrons. The maximum Gasteiger partial charge on any atom is 0.270 e. The Hall–Kier alpha value is -2.23. The molecule has 0 spiro atoms. The van der Waals surface area contributed by atoms with Crippen molar-refractivity contribution in [3.8, 4) is 0 Å². The Balaban J connectivity index is 2.36. The molecule has 16 heavy (non-hydrogen) atoms. The normalized spacial score (nSPS) is 16.2. The van der Waals surface area contributed by atoms with E-state index in [1.54, 1.807) is 12.1 Å². The van der Waals surface area contributed by atoms with Crippen molar-refractivity contribution in [1.29, 1.82) is 0 Å². The molecule has 0 bridgehead atoms. The highest BCUT2D eigenvalue weighted by molar-refractivity contribution is 5.75. The van der Waals surface area contributed by atoms with Gasteiger partial charge in [0.25, 0.3) is 5.69 Å². The van der Waals surface area contributed by atoms with Crippen molar-refractivity contribution in [3.63, 3.8) is 0 Å². The molecule has 0 N–H and O–H groups in total. The first kappa shape index (κ1) is 9.03. The van der Waals surface area contributed by atoms with E-state index in [4.69, 9.17) is 0 Å². The molecular weight excluding hydrogens is 204 g/mol. The Labute approximate surface area is 91.1 Å². The molecule has 2 aliphatic rings. The quantitative estimate of drug-likeness (QED) is 0.519. The predicted molar refractivity (Wildman–Crippen MR) is 59.1 cm³/mol. The van der Waals surface area contributed by atoms with E-state index in [-0.39, 0.29) is 10.6 Å². The average Bonchev–Trinajstić information content (AvgIpc) is 2.66. The third-order valence-electron chi connectivity index (χ3n) is 2.73. The van der Waals surface area contributed by atoms with E-state index in [2.05, 4.69) is 4.99 Å². The van der Waals surface area contributed by atoms with Crippen molar-refractivity contribution in [2.75, 3.05) is 0 Å². The van der Waals surface area contributed by atoms with Crippen molar-refractivity contribution < 1.29 is 4.92 Å². The zero-order valence-corrected chi connectivity index (χ0v) is 8.38. The third-order valence-corrected chi connectivity index (χ3v) is 2.73. The SMILES string of the molecule is O=[N+]([O-])c1ccc2c(c1)=C1C=CCC=C1N=2. The van der Waals surface area contributed by atoms with Crippen LogP contribution in [0.3, 0.4) is 0 Å². The molecule has 0 fully saturated rings. The van der Waals surface area contributed by atoms with Crippen molar-refractivity contribution in [2.24, 2.45) is 4.99 Å². The molecule has 1 aliphatic heterocycles. The lowest BCUT2D eigenvalue weighted by molar-refractivity contribution is -0.385. The third kappa shape index (κ3) is 1.20. The molecule has 0 atom stereocenters. The molecule has 4 heteroatoms. The van der Waals surface area contributed by atoms with Gasteiger partial charge in [-0.1, -0.05) is 18.2 Å². The van der Waals surface area contributed by atoms with Crippen molar-refractivity contribution >= 4 is 11.3 Å². The second-order valence-corrected chi connectivity index (χ2v) is 3.71. The number of fused-ring (bicyclic) bond motifs is 2. The molecule has 1 heterocycles. The number of hydrogen-bond donors (Lipinski definition) is 0. The fourth-order valence-corrected chi connectivity index (χ4v) is 1.98. The van der Waals surface area contributed by atoms with Crippen molar-refractivity contribution in [1.82, 2.24) is 0 Å². The summed E-state index contributed by atoms with van der Waals surface area (Å²) in [4.78, 5) is 14.7. The van der Waals surface area contributed by atoms with E-state index >= 15 is 0 Å². The average molecular weight is 212 g/mol. The van der Waals surface area contributed by atoms with Gasteiger partial charge in [0.1, 0.15) is 0 Å². The van der Waals surface area contributed by atoms with Gasteiger partial charge < -0.3 is 0 Å². The first-order valence-corrected chi connectivity index (χ1v) is 5.00. The number of nitro groups is 1. The van der Waals surface area contributed by atoms with Gasteiger partial charge in [-0.05, 0) is 12.5 Å². The highest BCUT2D eigenvalue weighted by Crippen LogP contribution is 2.21. The standard InChI is InChI=1S/C12H8N2O2/c15-14(16)8-5-6-12-10(7-8)9-3-1-2-4-11(9)13-12/h1,3-7H,2H2. The molecule has 0 amide bonds. The van der Waals surface area contributed by atoms with Crippen LogP contribution in [0.5, 0.6) is 0 Å². The molecule has 0 saturated carbocycles. The van der Waals surface area contributed by atoms with Crippen LogP contribution in [0, 0.1) is 10.1 Å². The minimum Gasteiger partial charge on any atom is -0.258 e. The van der Waals surface area contributed by atoms with Crippen LogP contribution in [0.4, 0.5) is 5.69 Å². The van der Waals surface area contributed by atoms with Gasteiger partial charge in [-0.25, -0.2) is 4.99 Å². The monoisotopic (exact) mass is 212 g/mol. The molecule has 0 unspecified atom stereocenters. The number of nitrogens with zero attached hydrogens (tertiary/aromatic N) is 2. The van der Waals surface area contributed by atoms with E-state index in [1.807, 2.05) is 18.2 Å². The minimum atomic E-state index is -0.380. The first-order valence-electron chi connectivity index (χ1n) is 5.00. The van der Waals surface area contributed by atoms with Gasteiger partial charge in [-0.2, -0.15) is 0 Å². The van der Waals surface area contributed by atoms with Gasteiger partial charge in [0, 0.05) is 22.9 Å². The lowest BCUT2D eigenvalue weighted by atomic mass is 10.1. The van der Waals surface area contributed by atoms with Crippen LogP contribution >= 0.6 is 0 Å². The van der Waals surface area contributed by atoms with E-state index < -0.39 is 0 Å². The summed E-state index contributed by atoms with van der Waals surface area (Å²) in [5.74, 6) is 0. The maximum absolute atomic E-state index is 10.7. The van der Waals surface area contributed by atoms with Crippen molar-refractivity contribution in [2.45, 2.75) is 6.42 Å². The minimum absolute atomic E-state index is 0.113. The van der Waals surface area contributed by atoms with Crippen LogP contribution in [0.1, 0.15) is 6.42 Å². The highest BCUT2D eigenvalue weighted by Gasteiger charge is 2.14. The van der Waals surface area contributed by atoms with E-state index in [0.717, 1.165) is 28.3 Å². The van der Waals surface area contributed by atoms with E-state index in [0.29, 0.717) is 0 Å². The van der Waals surface area contributed by atoms with E-state index in [9.17, 15) is 10.1 Å². The molecule has 0 aromatic heterocycles. The van der Waals surface area contributed by atoms with Gasteiger partial charge in [0.15, 0.2) is 0 Å². The Morgan fingerprint density at radius 1 is 1.38 bits per heavy atom. The lowest BCUT2D eigenvalue weighted by Crippen LogP contribution is -2.22. The fraction of sp³-hybridized carbons (Fsp3) is 0.0833. The second-order valence-electron chi connectivity index (χ2n) is 3.71. The molecule has 1 aromatic rings. The summed E-state index contributed by atoms with van der Waals surface area (Å²) in [7, 11) is 0. The van der Waals surface area contributed by atoms with Crippen LogP contribution < -0.4 is 10.6 Å². The molecule has 1 aliphatic carbocycles. The topological polar surface area (TPSA) is 55.5 Å². The van der Waals surface area contributed by atoms with Crippen LogP contribution in [0.2, 0.25) is 0 Å². The molecule has 0 radical (unpaired) electrons. The molecule has 4 nitrogen and oxygen atoms in total. The Kier molecular flexibility index (Phi) is 1.77. The maximum atomic E-state index is 10.7. The lowest BCUT2D eigenvalue weighted by Gasteiger charge is -2.01. The van der Waals surface area contributed by atoms with Crippen LogP contribution in [-0.4, -0.2) is 4.92 Å². The number of nitro benzene ring substituents is 1. The van der Waals surface area contributed by atoms with Crippen molar-refractivity contribution in [3.05, 3.63) is 62.8 Å². The van der Waals surface area contributed by atoms with Gasteiger partial charge in [-0.15, -0.1) is 0 Å². The zero-order chi connectivity index (χ0) is 11.1. The number of benzene rings is 1. The summed E-state index contributed by atoms with van der Waals surface area (Å²) >= 11 is 0. The fourth-order valence-electron chi connectivity index (χ4n) is 1.98. The van der Waals surface area contributed by atoms with Crippen LogP contribution in [-0.2, 0) is 0 Å². The molecule has 1 aromatic carbocycles. The van der Waals surface area contributed by atoms with Gasteiger partial charge in [-0.3, -0.25) is 10.1 Å². The second kappa shape index (κ2) is 3.13. The Bertz CT molecular complexity index is 669. The number of rotatable bonds is 1. The zero-order valence-electron chi connectivity index (χ0n) is 8.38. The molecule has 0 saturated heterocycles. The smallest absolute Gasteiger partial charge is 0.258 e. The predicted octanol–water partition coefficient (Wildman–Crippen LogP) is 1.22. The van der Waals surface area contributed by atoms with E-state index in [1.165, 1.54) is 6.07 Å². The number of allylic oxidation sites excluding steroid dienone is 3. The first-order chi connectivity index (χ1) is 7.75. The highest BCUT2D eigenvalue weighted by atomic mass is 16.6. The van der Waals surface area contributed by atoms with Gasteiger partial charge >= 0.3 is 0 Å². The summed E-state index contributed by atoms with van der Waals surface area (Å²) in [5.41, 5.74) is 2.03. The summed E-state index contributed by atoms with van der Waals surface area (Å²) in [6, 6.07) is 4.78. The Morgan fingerprint density at radius 2 is 2.25 bits per heavy atom. The van der Waals surface area contributed by atoms with Crippen LogP contribution in [0.15, 0.2) is 47.1 Å².